The average Bonchev–Trinajstić information content (AvgIpc) is 2.68. The third-order valence-electron chi connectivity index (χ3n) is 5.87. The second kappa shape index (κ2) is 10.6. The van der Waals surface area contributed by atoms with Crippen LogP contribution in [0.15, 0.2) is 24.3 Å². The quantitative estimate of drug-likeness (QED) is 0.600. The van der Waals surface area contributed by atoms with Crippen molar-refractivity contribution in [2.24, 2.45) is 0 Å². The van der Waals surface area contributed by atoms with Crippen LogP contribution in [0.4, 0.5) is 5.69 Å². The van der Waals surface area contributed by atoms with Crippen LogP contribution in [0.2, 0.25) is 0 Å². The van der Waals surface area contributed by atoms with Crippen LogP contribution in [0.25, 0.3) is 0 Å². The van der Waals surface area contributed by atoms with Gasteiger partial charge in [-0.1, -0.05) is 46.2 Å². The number of rotatable bonds is 9. The number of nitrogens with zero attached hydrogens (tertiary/aromatic N) is 2. The molecular weight excluding hydrogens is 398 g/mol. The number of hydrogen-bond acceptors (Lipinski definition) is 4. The first-order chi connectivity index (χ1) is 14.0. The van der Waals surface area contributed by atoms with E-state index in [4.69, 9.17) is 0 Å². The fraction of sp³-hybridized carbons (Fsp3) is 0.696. The fourth-order valence-electron chi connectivity index (χ4n) is 4.04. The van der Waals surface area contributed by atoms with Crippen molar-refractivity contribution in [3.05, 3.63) is 29.8 Å². The predicted molar refractivity (Wildman–Crippen MR) is 124 cm³/mol. The van der Waals surface area contributed by atoms with E-state index in [0.717, 1.165) is 31.3 Å². The first-order valence-corrected chi connectivity index (χ1v) is 13.0. The summed E-state index contributed by atoms with van der Waals surface area (Å²) in [6, 6.07) is 8.06. The van der Waals surface area contributed by atoms with Crippen molar-refractivity contribution in [2.45, 2.75) is 71.3 Å². The van der Waals surface area contributed by atoms with Gasteiger partial charge in [0, 0.05) is 19.1 Å². The van der Waals surface area contributed by atoms with Crippen LogP contribution in [-0.2, 0) is 20.2 Å². The summed E-state index contributed by atoms with van der Waals surface area (Å²) in [5.74, 6) is -0.272. The third kappa shape index (κ3) is 7.27. The molecule has 7 heteroatoms. The van der Waals surface area contributed by atoms with E-state index in [1.807, 2.05) is 12.1 Å². The maximum Gasteiger partial charge on any atom is 0.240 e. The molecule has 0 saturated carbocycles. The molecular formula is C23H39N3O3S. The second-order valence-corrected chi connectivity index (χ2v) is 11.3. The van der Waals surface area contributed by atoms with Crippen LogP contribution >= 0.6 is 0 Å². The molecule has 6 nitrogen and oxygen atoms in total. The number of anilines is 1. The van der Waals surface area contributed by atoms with Gasteiger partial charge in [-0.25, -0.2) is 8.42 Å². The zero-order valence-electron chi connectivity index (χ0n) is 19.3. The largest absolute Gasteiger partial charge is 0.354 e. The van der Waals surface area contributed by atoms with Crippen molar-refractivity contribution in [3.8, 4) is 0 Å². The van der Waals surface area contributed by atoms with E-state index in [0.29, 0.717) is 18.3 Å². The lowest BCUT2D eigenvalue weighted by Gasteiger charge is -2.35. The summed E-state index contributed by atoms with van der Waals surface area (Å²) in [7, 11) is -3.56. The molecule has 1 aromatic rings. The van der Waals surface area contributed by atoms with Crippen LogP contribution in [-0.4, -0.2) is 57.7 Å². The SMILES string of the molecule is CCC1CCCCN1CCCNC(=O)CN(c1ccc(C(C)(C)C)cc1)S(C)(=O)=O. The lowest BCUT2D eigenvalue weighted by Crippen LogP contribution is -2.42. The lowest BCUT2D eigenvalue weighted by molar-refractivity contribution is -0.119. The van der Waals surface area contributed by atoms with Gasteiger partial charge in [-0.2, -0.15) is 0 Å². The number of benzene rings is 1. The van der Waals surface area contributed by atoms with E-state index in [1.165, 1.54) is 30.0 Å². The Balaban J connectivity index is 1.90. The third-order valence-corrected chi connectivity index (χ3v) is 7.01. The average molecular weight is 438 g/mol. The molecule has 1 heterocycles. The van der Waals surface area contributed by atoms with E-state index in [2.05, 4.69) is 37.9 Å². The normalized spacial score (nSPS) is 18.2. The van der Waals surface area contributed by atoms with Gasteiger partial charge < -0.3 is 10.2 Å². The highest BCUT2D eigenvalue weighted by molar-refractivity contribution is 7.92. The molecule has 0 radical (unpaired) electrons. The molecule has 1 amide bonds. The number of amides is 1. The molecule has 2 rings (SSSR count). The summed E-state index contributed by atoms with van der Waals surface area (Å²) in [5, 5.41) is 2.89. The fourth-order valence-corrected chi connectivity index (χ4v) is 4.90. The molecule has 0 aromatic heterocycles. The molecule has 30 heavy (non-hydrogen) atoms. The number of carbonyl (C=O) groups is 1. The molecule has 1 fully saturated rings. The van der Waals surface area contributed by atoms with Gasteiger partial charge in [0.2, 0.25) is 15.9 Å². The minimum Gasteiger partial charge on any atom is -0.354 e. The van der Waals surface area contributed by atoms with Crippen molar-refractivity contribution in [1.29, 1.82) is 0 Å². The standard InChI is InChI=1S/C23H39N3O3S/c1-6-20-10-7-8-16-25(20)17-9-15-24-22(27)18-26(30(5,28)29)21-13-11-19(12-14-21)23(2,3)4/h11-14,20H,6-10,15-18H2,1-5H3,(H,24,27). The van der Waals surface area contributed by atoms with Gasteiger partial charge in [-0.15, -0.1) is 0 Å². The van der Waals surface area contributed by atoms with Crippen LogP contribution in [0.3, 0.4) is 0 Å². The van der Waals surface area contributed by atoms with Crippen molar-refractivity contribution >= 4 is 21.6 Å². The summed E-state index contributed by atoms with van der Waals surface area (Å²) in [6.07, 6.45) is 7.01. The summed E-state index contributed by atoms with van der Waals surface area (Å²) in [6.45, 7) is 11.0. The Morgan fingerprint density at radius 2 is 1.87 bits per heavy atom. The monoisotopic (exact) mass is 437 g/mol. The zero-order chi connectivity index (χ0) is 22.4. The van der Waals surface area contributed by atoms with Crippen LogP contribution in [0, 0.1) is 0 Å². The maximum absolute atomic E-state index is 12.4. The van der Waals surface area contributed by atoms with Crippen molar-refractivity contribution in [3.63, 3.8) is 0 Å². The van der Waals surface area contributed by atoms with Crippen LogP contribution in [0.1, 0.15) is 65.4 Å². The minimum absolute atomic E-state index is 0.0169. The topological polar surface area (TPSA) is 69.7 Å². The molecule has 1 aliphatic heterocycles. The first-order valence-electron chi connectivity index (χ1n) is 11.1. The molecule has 0 spiro atoms. The number of sulfonamides is 1. The summed E-state index contributed by atoms with van der Waals surface area (Å²) in [5.41, 5.74) is 1.61. The Morgan fingerprint density at radius 1 is 1.20 bits per heavy atom. The molecule has 1 aliphatic rings. The van der Waals surface area contributed by atoms with E-state index in [-0.39, 0.29) is 17.9 Å². The first kappa shape index (κ1) is 24.7. The van der Waals surface area contributed by atoms with Crippen molar-refractivity contribution < 1.29 is 13.2 Å². The van der Waals surface area contributed by atoms with Gasteiger partial charge in [-0.3, -0.25) is 9.10 Å². The van der Waals surface area contributed by atoms with E-state index >= 15 is 0 Å². The van der Waals surface area contributed by atoms with Gasteiger partial charge in [0.05, 0.1) is 11.9 Å². The van der Waals surface area contributed by atoms with Crippen LogP contribution < -0.4 is 9.62 Å². The van der Waals surface area contributed by atoms with Gasteiger partial charge in [-0.05, 0) is 55.3 Å². The van der Waals surface area contributed by atoms with Gasteiger partial charge in [0.1, 0.15) is 6.54 Å². The number of piperidine rings is 1. The smallest absolute Gasteiger partial charge is 0.240 e. The summed E-state index contributed by atoms with van der Waals surface area (Å²) >= 11 is 0. The van der Waals surface area contributed by atoms with Crippen molar-refractivity contribution in [1.82, 2.24) is 10.2 Å². The van der Waals surface area contributed by atoms with Gasteiger partial charge in [0.25, 0.3) is 0 Å². The lowest BCUT2D eigenvalue weighted by atomic mass is 9.87. The van der Waals surface area contributed by atoms with Gasteiger partial charge in [0.15, 0.2) is 0 Å². The molecule has 170 valence electrons. The molecule has 1 N–H and O–H groups in total. The molecule has 0 aliphatic carbocycles. The van der Waals surface area contributed by atoms with Crippen LogP contribution in [0.5, 0.6) is 0 Å². The molecule has 0 bridgehead atoms. The Hall–Kier alpha value is -1.60. The number of hydrogen-bond donors (Lipinski definition) is 1. The molecule has 1 atom stereocenters. The Morgan fingerprint density at radius 3 is 2.43 bits per heavy atom. The highest BCUT2D eigenvalue weighted by Gasteiger charge is 2.23. The maximum atomic E-state index is 12.4. The Labute approximate surface area is 183 Å². The number of carbonyl (C=O) groups excluding carboxylic acids is 1. The minimum atomic E-state index is -3.56. The Kier molecular flexibility index (Phi) is 8.73. The van der Waals surface area contributed by atoms with E-state index < -0.39 is 10.0 Å². The molecule has 1 unspecified atom stereocenters. The summed E-state index contributed by atoms with van der Waals surface area (Å²) < 4.78 is 25.8. The zero-order valence-corrected chi connectivity index (χ0v) is 20.1. The molecule has 1 aromatic carbocycles. The second-order valence-electron chi connectivity index (χ2n) is 9.36. The summed E-state index contributed by atoms with van der Waals surface area (Å²) in [4.78, 5) is 15.0. The van der Waals surface area contributed by atoms with Crippen molar-refractivity contribution in [2.75, 3.05) is 36.7 Å². The molecule has 1 saturated heterocycles. The predicted octanol–water partition coefficient (Wildman–Crippen LogP) is 3.52. The Bertz CT molecular complexity index is 785. The van der Waals surface area contributed by atoms with Gasteiger partial charge >= 0.3 is 0 Å². The highest BCUT2D eigenvalue weighted by atomic mass is 32.2. The highest BCUT2D eigenvalue weighted by Crippen LogP contribution is 2.26. The number of likely N-dealkylation sites (tertiary alicyclic amines) is 1. The van der Waals surface area contributed by atoms with E-state index in [9.17, 15) is 13.2 Å². The van der Waals surface area contributed by atoms with E-state index in [1.54, 1.807) is 12.1 Å². The number of nitrogens with one attached hydrogen (secondary N) is 1.